The third-order valence-corrected chi connectivity index (χ3v) is 12.0. The Kier molecular flexibility index (Phi) is 8.49. The van der Waals surface area contributed by atoms with Crippen molar-refractivity contribution in [3.8, 4) is 50.4 Å². The third kappa shape index (κ3) is 8.30. The van der Waals surface area contributed by atoms with Crippen LogP contribution in [-0.4, -0.2) is 15.8 Å². The van der Waals surface area contributed by atoms with Crippen molar-refractivity contribution < 1.29 is 16.1 Å². The number of aromatic nitrogens is 1. The van der Waals surface area contributed by atoms with Crippen LogP contribution >= 0.6 is 0 Å². The first-order chi connectivity index (χ1) is 32.5. The van der Waals surface area contributed by atoms with Gasteiger partial charge >= 0.3 is 0 Å². The van der Waals surface area contributed by atoms with Crippen molar-refractivity contribution in [2.24, 2.45) is 4.99 Å². The smallest absolute Gasteiger partial charge is 0.128 e. The zero-order chi connectivity index (χ0) is 51.3. The van der Waals surface area contributed by atoms with Crippen LogP contribution in [0.3, 0.4) is 0 Å². The van der Waals surface area contributed by atoms with Crippen molar-refractivity contribution in [3.05, 3.63) is 184 Å². The summed E-state index contributed by atoms with van der Waals surface area (Å²) >= 11 is 0. The largest absolute Gasteiger partial charge is 0.507 e. The van der Waals surface area contributed by atoms with Crippen molar-refractivity contribution in [2.75, 3.05) is 0 Å². The number of rotatable bonds is 6. The van der Waals surface area contributed by atoms with E-state index in [0.717, 1.165) is 55.8 Å². The molecular weight excluding hydrogens is 753 g/mol. The fourth-order valence-corrected chi connectivity index (χ4v) is 8.30. The molecule has 0 amide bonds. The Morgan fingerprint density at radius 2 is 1.15 bits per heavy atom. The van der Waals surface area contributed by atoms with E-state index in [-0.39, 0.29) is 39.4 Å². The number of aromatic hydroxyl groups is 1. The Bertz CT molecular complexity index is 3260. The van der Waals surface area contributed by atoms with Gasteiger partial charge in [-0.2, -0.15) is 0 Å². The number of phenolic OH excluding ortho intramolecular Hbond substituents is 1. The number of benzene rings is 6. The van der Waals surface area contributed by atoms with Crippen LogP contribution in [0.25, 0.3) is 44.6 Å². The second-order valence-electron chi connectivity index (χ2n) is 20.8. The van der Waals surface area contributed by atoms with Crippen LogP contribution in [0.1, 0.15) is 139 Å². The zero-order valence-corrected chi connectivity index (χ0v) is 38.2. The highest BCUT2D eigenvalue weighted by molar-refractivity contribution is 6.15. The van der Waals surface area contributed by atoms with Gasteiger partial charge in [0.05, 0.1) is 34.0 Å². The molecule has 314 valence electrons. The second kappa shape index (κ2) is 15.7. The van der Waals surface area contributed by atoms with E-state index >= 15 is 0 Å². The standard InChI is InChI=1S/C59H62N2O/c1-56(2,3)42-26-27-46(48(34-42)38-22-17-14-18-23-38)52-47-25-19-24-45(53(47)61-54(52)49-35-44(58(7,8)9)36-50(55(49)62)59(10,11)12)40-30-41(32-43(31-40)57(4,5)6)51-33-39(28-29-60-51)37-20-15-13-16-21-37/h13-36,52,62H,1-12H3/i13D,15D,16D,20D,21D,28D,29D,33D. The Hall–Kier alpha value is -6.06. The van der Waals surface area contributed by atoms with Crippen molar-refractivity contribution in [1.82, 2.24) is 4.98 Å². The van der Waals surface area contributed by atoms with Crippen LogP contribution in [-0.2, 0) is 21.7 Å². The van der Waals surface area contributed by atoms with Gasteiger partial charge in [0.1, 0.15) is 5.75 Å². The van der Waals surface area contributed by atoms with Crippen LogP contribution in [0.2, 0.25) is 0 Å². The summed E-state index contributed by atoms with van der Waals surface area (Å²) in [4.78, 5) is 10.2. The van der Waals surface area contributed by atoms with Gasteiger partial charge in [-0.1, -0.05) is 192 Å². The van der Waals surface area contributed by atoms with E-state index in [9.17, 15) is 6.48 Å². The number of phenols is 1. The Morgan fingerprint density at radius 1 is 0.500 bits per heavy atom. The van der Waals surface area contributed by atoms with Gasteiger partial charge < -0.3 is 5.11 Å². The minimum atomic E-state index is -0.595. The normalized spacial score (nSPS) is 16.3. The molecule has 1 aliphatic rings. The number of nitrogens with zero attached hydrogens (tertiary/aromatic N) is 2. The highest BCUT2D eigenvalue weighted by atomic mass is 16.3. The summed E-state index contributed by atoms with van der Waals surface area (Å²) in [5.41, 5.74) is 10.4. The second-order valence-corrected chi connectivity index (χ2v) is 20.8. The molecule has 0 fully saturated rings. The molecule has 1 atom stereocenters. The lowest BCUT2D eigenvalue weighted by Gasteiger charge is -2.29. The summed E-state index contributed by atoms with van der Waals surface area (Å²) in [6, 6.07) is 29.7. The summed E-state index contributed by atoms with van der Waals surface area (Å²) < 4.78 is 69.7. The average Bonchev–Trinajstić information content (AvgIpc) is 3.68. The first kappa shape index (κ1) is 33.6. The van der Waals surface area contributed by atoms with E-state index in [1.807, 2.05) is 30.3 Å². The SMILES string of the molecule is [2H]c1nc(-c2cc(-c3cccc4c3N=C(c3cc(C(C)(C)C)cc(C(C)(C)C)c3O)C4c3ccc(C(C)(C)C)cc3-c3ccccc3)cc(C(C)(C)C)c2)c([2H])c(-c2c([2H])c([2H])c([2H])c([2H])c2[2H])c1[2H]. The number of hydrogen-bond acceptors (Lipinski definition) is 3. The molecule has 3 nitrogen and oxygen atoms in total. The van der Waals surface area contributed by atoms with Gasteiger partial charge in [-0.3, -0.25) is 9.98 Å². The van der Waals surface area contributed by atoms with E-state index in [1.54, 1.807) is 0 Å². The fraction of sp³-hybridized carbons (Fsp3) is 0.288. The molecule has 6 aromatic carbocycles. The first-order valence-electron chi connectivity index (χ1n) is 25.5. The summed E-state index contributed by atoms with van der Waals surface area (Å²) in [7, 11) is 0. The molecule has 2 heterocycles. The van der Waals surface area contributed by atoms with Crippen molar-refractivity contribution in [2.45, 2.75) is 111 Å². The van der Waals surface area contributed by atoms with Gasteiger partial charge in [0, 0.05) is 28.4 Å². The molecule has 3 heteroatoms. The number of pyridine rings is 1. The molecule has 7 aromatic rings. The molecule has 0 saturated heterocycles. The van der Waals surface area contributed by atoms with Crippen LogP contribution in [0.15, 0.2) is 151 Å². The minimum absolute atomic E-state index is 0.0369. The molecule has 1 aliphatic heterocycles. The molecule has 0 bridgehead atoms. The molecule has 62 heavy (non-hydrogen) atoms. The number of para-hydroxylation sites is 1. The topological polar surface area (TPSA) is 45.5 Å². The zero-order valence-electron chi connectivity index (χ0n) is 46.2. The van der Waals surface area contributed by atoms with Crippen LogP contribution in [0.5, 0.6) is 5.75 Å². The number of hydrogen-bond donors (Lipinski definition) is 1. The maximum atomic E-state index is 12.6. The number of aliphatic imine (C=N–C) groups is 1. The fourth-order valence-electron chi connectivity index (χ4n) is 8.30. The Balaban J connectivity index is 1.45. The van der Waals surface area contributed by atoms with Gasteiger partial charge in [0.25, 0.3) is 0 Å². The van der Waals surface area contributed by atoms with Crippen molar-refractivity contribution >= 4 is 11.4 Å². The lowest BCUT2D eigenvalue weighted by Crippen LogP contribution is -2.20. The van der Waals surface area contributed by atoms with Crippen LogP contribution < -0.4 is 0 Å². The van der Waals surface area contributed by atoms with Crippen molar-refractivity contribution in [3.63, 3.8) is 0 Å². The summed E-state index contributed by atoms with van der Waals surface area (Å²) in [5.74, 6) is -0.230. The monoisotopic (exact) mass is 823 g/mol. The maximum Gasteiger partial charge on any atom is 0.128 e. The molecule has 0 spiro atoms. The van der Waals surface area contributed by atoms with E-state index in [4.69, 9.17) is 14.6 Å². The van der Waals surface area contributed by atoms with Gasteiger partial charge in [-0.15, -0.1) is 0 Å². The Morgan fingerprint density at radius 3 is 1.81 bits per heavy atom. The number of fused-ring (bicyclic) bond motifs is 1. The molecule has 0 saturated carbocycles. The predicted octanol–water partition coefficient (Wildman–Crippen LogP) is 15.9. The average molecular weight is 823 g/mol. The Labute approximate surface area is 381 Å². The lowest BCUT2D eigenvalue weighted by molar-refractivity contribution is 0.443. The first-order valence-corrected chi connectivity index (χ1v) is 21.5. The summed E-state index contributed by atoms with van der Waals surface area (Å²) in [6.07, 6.45) is -0.494. The molecular formula is C59H62N2O. The lowest BCUT2D eigenvalue weighted by atomic mass is 9.75. The molecule has 1 N–H and O–H groups in total. The quantitative estimate of drug-likeness (QED) is 0.182. The third-order valence-electron chi connectivity index (χ3n) is 12.0. The molecule has 0 radical (unpaired) electrons. The highest BCUT2D eigenvalue weighted by Gasteiger charge is 2.37. The van der Waals surface area contributed by atoms with Crippen LogP contribution in [0.4, 0.5) is 5.69 Å². The van der Waals surface area contributed by atoms with Crippen molar-refractivity contribution in [1.29, 1.82) is 0 Å². The van der Waals surface area contributed by atoms with Crippen LogP contribution in [0, 0.1) is 0 Å². The van der Waals surface area contributed by atoms with E-state index in [0.29, 0.717) is 16.8 Å². The predicted molar refractivity (Wildman–Crippen MR) is 263 cm³/mol. The van der Waals surface area contributed by atoms with Gasteiger partial charge in [0.2, 0.25) is 0 Å². The molecule has 8 rings (SSSR count). The molecule has 1 unspecified atom stereocenters. The van der Waals surface area contributed by atoms with Gasteiger partial charge in [-0.25, -0.2) is 0 Å². The summed E-state index contributed by atoms with van der Waals surface area (Å²) in [6.45, 7) is 25.8. The molecule has 0 aliphatic carbocycles. The van der Waals surface area contributed by atoms with Gasteiger partial charge in [-0.05, 0) is 108 Å². The molecule has 1 aromatic heterocycles. The van der Waals surface area contributed by atoms with E-state index in [1.165, 1.54) is 5.56 Å². The summed E-state index contributed by atoms with van der Waals surface area (Å²) in [5, 5.41) is 12.6. The van der Waals surface area contributed by atoms with E-state index in [2.05, 4.69) is 155 Å². The highest BCUT2D eigenvalue weighted by Crippen LogP contribution is 2.52. The van der Waals surface area contributed by atoms with Gasteiger partial charge in [0.15, 0.2) is 0 Å². The maximum absolute atomic E-state index is 12.6. The minimum Gasteiger partial charge on any atom is -0.507 e. The van der Waals surface area contributed by atoms with E-state index < -0.39 is 59.2 Å².